The summed E-state index contributed by atoms with van der Waals surface area (Å²) in [4.78, 5) is 14.4. The number of hydrogen-bond donors (Lipinski definition) is 2. The van der Waals surface area contributed by atoms with Crippen LogP contribution >= 0.6 is 0 Å². The number of benzene rings is 1. The Hall–Kier alpha value is -1.69. The monoisotopic (exact) mass is 297 g/mol. The number of rotatable bonds is 4. The molecule has 0 aliphatic carbocycles. The van der Waals surface area contributed by atoms with Crippen molar-refractivity contribution in [2.75, 3.05) is 25.4 Å². The number of amides is 1. The van der Waals surface area contributed by atoms with Gasteiger partial charge in [-0.2, -0.15) is 0 Å². The third kappa shape index (κ3) is 4.14. The molecule has 1 heterocycles. The molecule has 4 nitrogen and oxygen atoms in total. The highest BCUT2D eigenvalue weighted by molar-refractivity contribution is 5.99. The Morgan fingerprint density at radius 1 is 1.29 bits per heavy atom. The Labute approximate surface area is 123 Å². The molecule has 0 saturated carbocycles. The highest BCUT2D eigenvalue weighted by atomic mass is 19.2. The molecule has 1 unspecified atom stereocenters. The number of carbonyl (C=O) groups is 1. The van der Waals surface area contributed by atoms with E-state index < -0.39 is 17.5 Å². The number of piperidine rings is 1. The summed E-state index contributed by atoms with van der Waals surface area (Å²) in [5.41, 5.74) is 5.49. The smallest absolute Gasteiger partial charge is 0.253 e. The average molecular weight is 297 g/mol. The first kappa shape index (κ1) is 15.7. The van der Waals surface area contributed by atoms with E-state index in [0.717, 1.165) is 31.8 Å². The van der Waals surface area contributed by atoms with Crippen molar-refractivity contribution >= 4 is 11.6 Å². The zero-order valence-electron chi connectivity index (χ0n) is 12.2. The molecule has 1 aliphatic heterocycles. The van der Waals surface area contributed by atoms with Crippen LogP contribution in [0.1, 0.15) is 36.5 Å². The average Bonchev–Trinajstić information content (AvgIpc) is 2.43. The number of nitrogens with zero attached hydrogens (tertiary/aromatic N) is 1. The number of hydrogen-bond acceptors (Lipinski definition) is 3. The lowest BCUT2D eigenvalue weighted by Crippen LogP contribution is -2.43. The summed E-state index contributed by atoms with van der Waals surface area (Å²) in [5.74, 6) is -2.60. The fourth-order valence-electron chi connectivity index (χ4n) is 2.64. The van der Waals surface area contributed by atoms with Crippen LogP contribution in [-0.2, 0) is 0 Å². The number of anilines is 1. The summed E-state index contributed by atoms with van der Waals surface area (Å²) >= 11 is 0. The second-order valence-corrected chi connectivity index (χ2v) is 5.59. The summed E-state index contributed by atoms with van der Waals surface area (Å²) in [6.45, 7) is 4.71. The lowest BCUT2D eigenvalue weighted by Gasteiger charge is -2.29. The Bertz CT molecular complexity index is 516. The van der Waals surface area contributed by atoms with Crippen LogP contribution in [-0.4, -0.2) is 36.5 Å². The molecule has 6 heteroatoms. The Balaban J connectivity index is 1.95. The van der Waals surface area contributed by atoms with Gasteiger partial charge < -0.3 is 16.0 Å². The summed E-state index contributed by atoms with van der Waals surface area (Å²) in [5, 5.41) is 2.78. The normalized spacial score (nSPS) is 17.5. The molecule has 3 N–H and O–H groups in total. The molecule has 2 rings (SSSR count). The van der Waals surface area contributed by atoms with Crippen molar-refractivity contribution in [1.82, 2.24) is 10.2 Å². The van der Waals surface area contributed by atoms with Crippen LogP contribution in [0.4, 0.5) is 14.5 Å². The number of nitrogens with one attached hydrogen (secondary N) is 1. The third-order valence-corrected chi connectivity index (χ3v) is 3.70. The van der Waals surface area contributed by atoms with Crippen molar-refractivity contribution in [3.63, 3.8) is 0 Å². The van der Waals surface area contributed by atoms with Crippen molar-refractivity contribution in [2.24, 2.45) is 0 Å². The first-order valence-corrected chi connectivity index (χ1v) is 7.25. The van der Waals surface area contributed by atoms with Gasteiger partial charge in [-0.05, 0) is 38.9 Å². The fraction of sp³-hybridized carbons (Fsp3) is 0.533. The molecule has 116 valence electrons. The van der Waals surface area contributed by atoms with E-state index in [2.05, 4.69) is 10.2 Å². The van der Waals surface area contributed by atoms with Gasteiger partial charge in [0.15, 0.2) is 11.6 Å². The summed E-state index contributed by atoms with van der Waals surface area (Å²) in [7, 11) is 0. The maximum absolute atomic E-state index is 13.2. The van der Waals surface area contributed by atoms with Gasteiger partial charge in [-0.15, -0.1) is 0 Å². The molecule has 1 amide bonds. The second kappa shape index (κ2) is 6.85. The van der Waals surface area contributed by atoms with Crippen LogP contribution in [0.2, 0.25) is 0 Å². The minimum atomic E-state index is -1.07. The SMILES string of the molecule is CC(CN1CCCCC1)NC(=O)c1cc(F)c(F)cc1N. The van der Waals surface area contributed by atoms with Crippen molar-refractivity contribution in [1.29, 1.82) is 0 Å². The standard InChI is InChI=1S/C15H21F2N3O/c1-10(9-20-5-3-2-4-6-20)19-15(21)11-7-12(16)13(17)8-14(11)18/h7-8,10H,2-6,9,18H2,1H3,(H,19,21). The molecule has 1 fully saturated rings. The number of carbonyl (C=O) groups excluding carboxylic acids is 1. The molecule has 21 heavy (non-hydrogen) atoms. The van der Waals surface area contributed by atoms with Gasteiger partial charge in [-0.25, -0.2) is 8.78 Å². The van der Waals surface area contributed by atoms with E-state index >= 15 is 0 Å². The lowest BCUT2D eigenvalue weighted by atomic mass is 10.1. The maximum atomic E-state index is 13.2. The van der Waals surface area contributed by atoms with Gasteiger partial charge in [0, 0.05) is 24.3 Å². The van der Waals surface area contributed by atoms with Crippen molar-refractivity contribution in [2.45, 2.75) is 32.2 Å². The van der Waals surface area contributed by atoms with E-state index in [1.54, 1.807) is 0 Å². The van der Waals surface area contributed by atoms with E-state index in [4.69, 9.17) is 5.73 Å². The van der Waals surface area contributed by atoms with Crippen molar-refractivity contribution < 1.29 is 13.6 Å². The summed E-state index contributed by atoms with van der Waals surface area (Å²) in [6.07, 6.45) is 3.61. The Morgan fingerprint density at radius 2 is 1.90 bits per heavy atom. The zero-order valence-corrected chi connectivity index (χ0v) is 12.2. The van der Waals surface area contributed by atoms with Crippen LogP contribution in [0.5, 0.6) is 0 Å². The van der Waals surface area contributed by atoms with E-state index in [1.165, 1.54) is 19.3 Å². The van der Waals surface area contributed by atoms with Gasteiger partial charge >= 0.3 is 0 Å². The van der Waals surface area contributed by atoms with Crippen LogP contribution in [0.15, 0.2) is 12.1 Å². The number of likely N-dealkylation sites (tertiary alicyclic amines) is 1. The van der Waals surface area contributed by atoms with E-state index in [-0.39, 0.29) is 17.3 Å². The minimum absolute atomic E-state index is 0.0283. The Morgan fingerprint density at radius 3 is 2.57 bits per heavy atom. The van der Waals surface area contributed by atoms with Gasteiger partial charge in [0.05, 0.1) is 5.56 Å². The molecule has 0 bridgehead atoms. The highest BCUT2D eigenvalue weighted by Gasteiger charge is 2.18. The molecule has 0 radical (unpaired) electrons. The second-order valence-electron chi connectivity index (χ2n) is 5.59. The van der Waals surface area contributed by atoms with Crippen LogP contribution in [0.3, 0.4) is 0 Å². The quantitative estimate of drug-likeness (QED) is 0.837. The molecule has 1 atom stereocenters. The molecule has 1 aromatic carbocycles. The number of nitrogens with two attached hydrogens (primary N) is 1. The highest BCUT2D eigenvalue weighted by Crippen LogP contribution is 2.17. The molecule has 0 aromatic heterocycles. The van der Waals surface area contributed by atoms with Gasteiger partial charge in [-0.1, -0.05) is 6.42 Å². The largest absolute Gasteiger partial charge is 0.398 e. The van der Waals surface area contributed by atoms with Crippen molar-refractivity contribution in [3.05, 3.63) is 29.3 Å². The van der Waals surface area contributed by atoms with Gasteiger partial charge in [0.2, 0.25) is 0 Å². The summed E-state index contributed by atoms with van der Waals surface area (Å²) < 4.78 is 26.2. The maximum Gasteiger partial charge on any atom is 0.253 e. The van der Waals surface area contributed by atoms with Gasteiger partial charge in [0.1, 0.15) is 0 Å². The number of nitrogen functional groups attached to an aromatic ring is 1. The molecule has 1 aliphatic rings. The first-order valence-electron chi connectivity index (χ1n) is 7.25. The molecule has 1 saturated heterocycles. The van der Waals surface area contributed by atoms with Gasteiger partial charge in [0.25, 0.3) is 5.91 Å². The Kier molecular flexibility index (Phi) is 5.12. The van der Waals surface area contributed by atoms with Gasteiger partial charge in [-0.3, -0.25) is 4.79 Å². The predicted molar refractivity (Wildman–Crippen MR) is 78.0 cm³/mol. The molecular weight excluding hydrogens is 276 g/mol. The van der Waals surface area contributed by atoms with Crippen LogP contribution in [0.25, 0.3) is 0 Å². The number of halogens is 2. The molecule has 1 aromatic rings. The molecule has 0 spiro atoms. The fourth-order valence-corrected chi connectivity index (χ4v) is 2.64. The van der Waals surface area contributed by atoms with Crippen molar-refractivity contribution in [3.8, 4) is 0 Å². The van der Waals surface area contributed by atoms with Crippen LogP contribution in [0, 0.1) is 11.6 Å². The third-order valence-electron chi connectivity index (χ3n) is 3.70. The van der Waals surface area contributed by atoms with E-state index in [9.17, 15) is 13.6 Å². The van der Waals surface area contributed by atoms with E-state index in [0.29, 0.717) is 0 Å². The topological polar surface area (TPSA) is 58.4 Å². The lowest BCUT2D eigenvalue weighted by molar-refractivity contribution is 0.0926. The van der Waals surface area contributed by atoms with E-state index in [1.807, 2.05) is 6.92 Å². The predicted octanol–water partition coefficient (Wildman–Crippen LogP) is 2.15. The summed E-state index contributed by atoms with van der Waals surface area (Å²) in [6, 6.07) is 1.59. The zero-order chi connectivity index (χ0) is 15.4. The molecular formula is C15H21F2N3O. The van der Waals surface area contributed by atoms with Crippen LogP contribution < -0.4 is 11.1 Å². The minimum Gasteiger partial charge on any atom is -0.398 e. The first-order chi connectivity index (χ1) is 9.97.